The molecule has 1 aromatic heterocycles. The van der Waals surface area contributed by atoms with E-state index in [1.54, 1.807) is 6.20 Å². The number of aromatic amines is 1. The number of H-pyrrole nitrogens is 1. The molecule has 120 valence electrons. The van der Waals surface area contributed by atoms with Crippen molar-refractivity contribution in [3.8, 4) is 0 Å². The molecule has 2 aliphatic rings. The number of benzene rings is 1. The maximum atomic E-state index is 12.4. The van der Waals surface area contributed by atoms with Crippen LogP contribution in [0.2, 0.25) is 0 Å². The molecule has 2 aromatic rings. The van der Waals surface area contributed by atoms with E-state index in [4.69, 9.17) is 0 Å². The number of carbonyl (C=O) groups is 1. The quantitative estimate of drug-likeness (QED) is 0.922. The van der Waals surface area contributed by atoms with Crippen molar-refractivity contribution in [1.82, 2.24) is 15.1 Å². The molecule has 1 fully saturated rings. The number of fused-ring (bicyclic) bond motifs is 2. The van der Waals surface area contributed by atoms with Crippen molar-refractivity contribution in [2.24, 2.45) is 0 Å². The van der Waals surface area contributed by atoms with Gasteiger partial charge in [-0.15, -0.1) is 0 Å². The predicted molar refractivity (Wildman–Crippen MR) is 89.5 cm³/mol. The molecule has 1 spiro atoms. The first-order valence-electron chi connectivity index (χ1n) is 8.25. The first-order chi connectivity index (χ1) is 11.2. The van der Waals surface area contributed by atoms with Crippen molar-refractivity contribution in [2.75, 3.05) is 31.6 Å². The molecule has 2 aliphatic heterocycles. The van der Waals surface area contributed by atoms with Crippen LogP contribution in [0, 0.1) is 0 Å². The molecule has 3 heterocycles. The van der Waals surface area contributed by atoms with E-state index in [9.17, 15) is 4.79 Å². The fourth-order valence-electron chi connectivity index (χ4n) is 4.15. The molecule has 23 heavy (non-hydrogen) atoms. The van der Waals surface area contributed by atoms with Gasteiger partial charge in [-0.3, -0.25) is 9.89 Å². The zero-order valence-electron chi connectivity index (χ0n) is 13.5. The first-order valence-corrected chi connectivity index (χ1v) is 8.25. The van der Waals surface area contributed by atoms with Crippen molar-refractivity contribution >= 4 is 11.6 Å². The number of hydrogen-bond acceptors (Lipinski definition) is 3. The number of hydrogen-bond donors (Lipinski definition) is 1. The Balaban J connectivity index is 1.46. The fourth-order valence-corrected chi connectivity index (χ4v) is 4.15. The number of carbonyl (C=O) groups excluding carboxylic acids is 1. The summed E-state index contributed by atoms with van der Waals surface area (Å²) in [5.41, 5.74) is 3.92. The Hall–Kier alpha value is -2.30. The van der Waals surface area contributed by atoms with Crippen LogP contribution >= 0.6 is 0 Å². The van der Waals surface area contributed by atoms with Crippen LogP contribution in [0.3, 0.4) is 0 Å². The number of rotatable bonds is 2. The van der Waals surface area contributed by atoms with E-state index in [-0.39, 0.29) is 11.3 Å². The zero-order chi connectivity index (χ0) is 15.9. The van der Waals surface area contributed by atoms with Gasteiger partial charge in [0.05, 0.1) is 6.42 Å². The molecule has 1 saturated heterocycles. The SMILES string of the molecule is CN1CC2(CCN(C(=O)Cc3ccn[nH]3)CC2)c2ccccc21. The van der Waals surface area contributed by atoms with Gasteiger partial charge in [-0.05, 0) is 30.5 Å². The molecule has 1 amide bonds. The van der Waals surface area contributed by atoms with Crippen LogP contribution in [0.15, 0.2) is 36.5 Å². The van der Waals surface area contributed by atoms with Crippen molar-refractivity contribution in [1.29, 1.82) is 0 Å². The molecule has 1 N–H and O–H groups in total. The Kier molecular flexibility index (Phi) is 3.36. The second-order valence-corrected chi connectivity index (χ2v) is 6.79. The molecule has 5 nitrogen and oxygen atoms in total. The van der Waals surface area contributed by atoms with Crippen LogP contribution in [0.1, 0.15) is 24.1 Å². The summed E-state index contributed by atoms with van der Waals surface area (Å²) in [5.74, 6) is 0.198. The van der Waals surface area contributed by atoms with E-state index in [1.807, 2.05) is 11.0 Å². The predicted octanol–water partition coefficient (Wildman–Crippen LogP) is 1.96. The third-order valence-electron chi connectivity index (χ3n) is 5.40. The molecule has 4 rings (SSSR count). The number of likely N-dealkylation sites (N-methyl/N-ethyl adjacent to an activating group) is 1. The second-order valence-electron chi connectivity index (χ2n) is 6.79. The van der Waals surface area contributed by atoms with E-state index in [0.717, 1.165) is 38.2 Å². The van der Waals surface area contributed by atoms with Gasteiger partial charge in [0.1, 0.15) is 0 Å². The zero-order valence-corrected chi connectivity index (χ0v) is 13.5. The maximum absolute atomic E-state index is 12.4. The summed E-state index contributed by atoms with van der Waals surface area (Å²) >= 11 is 0. The van der Waals surface area contributed by atoms with Crippen LogP contribution in [0.5, 0.6) is 0 Å². The normalized spacial score (nSPS) is 19.2. The highest BCUT2D eigenvalue weighted by Gasteiger charge is 2.43. The lowest BCUT2D eigenvalue weighted by Crippen LogP contribution is -2.47. The van der Waals surface area contributed by atoms with Crippen LogP contribution in [-0.2, 0) is 16.6 Å². The highest BCUT2D eigenvalue weighted by atomic mass is 16.2. The number of anilines is 1. The van der Waals surface area contributed by atoms with Gasteiger partial charge in [0, 0.05) is 49.7 Å². The number of para-hydroxylation sites is 1. The molecule has 0 atom stereocenters. The molecular weight excluding hydrogens is 288 g/mol. The minimum absolute atomic E-state index is 0.198. The monoisotopic (exact) mass is 310 g/mol. The summed E-state index contributed by atoms with van der Waals surface area (Å²) in [5, 5.41) is 6.78. The Morgan fingerprint density at radius 1 is 1.26 bits per heavy atom. The molecule has 1 aromatic carbocycles. The summed E-state index contributed by atoms with van der Waals surface area (Å²) in [6, 6.07) is 10.6. The van der Waals surface area contributed by atoms with Crippen LogP contribution < -0.4 is 4.90 Å². The largest absolute Gasteiger partial charge is 0.373 e. The molecule has 0 radical (unpaired) electrons. The third-order valence-corrected chi connectivity index (χ3v) is 5.40. The van der Waals surface area contributed by atoms with Gasteiger partial charge < -0.3 is 9.80 Å². The van der Waals surface area contributed by atoms with Crippen LogP contribution in [0.25, 0.3) is 0 Å². The van der Waals surface area contributed by atoms with Crippen LogP contribution in [-0.4, -0.2) is 47.7 Å². The van der Waals surface area contributed by atoms with E-state index < -0.39 is 0 Å². The highest BCUT2D eigenvalue weighted by molar-refractivity contribution is 5.78. The van der Waals surface area contributed by atoms with E-state index >= 15 is 0 Å². The first kappa shape index (κ1) is 14.3. The maximum Gasteiger partial charge on any atom is 0.228 e. The van der Waals surface area contributed by atoms with Crippen LogP contribution in [0.4, 0.5) is 5.69 Å². The molecular formula is C18H22N4O. The van der Waals surface area contributed by atoms with E-state index in [0.29, 0.717) is 6.42 Å². The topological polar surface area (TPSA) is 52.2 Å². The summed E-state index contributed by atoms with van der Waals surface area (Å²) in [6.45, 7) is 2.75. The summed E-state index contributed by atoms with van der Waals surface area (Å²) in [6.07, 6.45) is 4.20. The van der Waals surface area contributed by atoms with Crippen molar-refractivity contribution in [2.45, 2.75) is 24.7 Å². The minimum Gasteiger partial charge on any atom is -0.373 e. The number of likely N-dealkylation sites (tertiary alicyclic amines) is 1. The smallest absolute Gasteiger partial charge is 0.228 e. The Morgan fingerprint density at radius 3 is 2.78 bits per heavy atom. The van der Waals surface area contributed by atoms with Crippen molar-refractivity contribution in [3.05, 3.63) is 47.8 Å². The van der Waals surface area contributed by atoms with Gasteiger partial charge in [-0.25, -0.2) is 0 Å². The Morgan fingerprint density at radius 2 is 2.04 bits per heavy atom. The van der Waals surface area contributed by atoms with Gasteiger partial charge >= 0.3 is 0 Å². The molecule has 0 saturated carbocycles. The molecule has 0 bridgehead atoms. The van der Waals surface area contributed by atoms with E-state index in [2.05, 4.69) is 46.4 Å². The highest BCUT2D eigenvalue weighted by Crippen LogP contribution is 2.46. The fraction of sp³-hybridized carbons (Fsp3) is 0.444. The minimum atomic E-state index is 0.198. The van der Waals surface area contributed by atoms with Gasteiger partial charge in [-0.2, -0.15) is 5.10 Å². The van der Waals surface area contributed by atoms with E-state index in [1.165, 1.54) is 11.3 Å². The van der Waals surface area contributed by atoms with Gasteiger partial charge in [-0.1, -0.05) is 18.2 Å². The summed E-state index contributed by atoms with van der Waals surface area (Å²) in [4.78, 5) is 16.8. The average Bonchev–Trinajstić information content (AvgIpc) is 3.16. The lowest BCUT2D eigenvalue weighted by atomic mass is 9.74. The number of amides is 1. The molecule has 0 unspecified atom stereocenters. The summed E-state index contributed by atoms with van der Waals surface area (Å²) < 4.78 is 0. The van der Waals surface area contributed by atoms with Gasteiger partial charge in [0.25, 0.3) is 0 Å². The Labute approximate surface area is 136 Å². The van der Waals surface area contributed by atoms with Crippen molar-refractivity contribution in [3.63, 3.8) is 0 Å². The average molecular weight is 310 g/mol. The Bertz CT molecular complexity index is 702. The number of aromatic nitrogens is 2. The lowest BCUT2D eigenvalue weighted by Gasteiger charge is -2.39. The molecule has 5 heteroatoms. The number of nitrogens with zero attached hydrogens (tertiary/aromatic N) is 3. The van der Waals surface area contributed by atoms with Crippen molar-refractivity contribution < 1.29 is 4.79 Å². The number of piperidine rings is 1. The molecule has 0 aliphatic carbocycles. The standard InChI is InChI=1S/C18H22N4O/c1-21-13-18(15-4-2-3-5-16(15)21)7-10-22(11-8-18)17(23)12-14-6-9-19-20-14/h2-6,9H,7-8,10-13H2,1H3,(H,19,20). The third kappa shape index (κ3) is 2.40. The summed E-state index contributed by atoms with van der Waals surface area (Å²) in [7, 11) is 2.17. The second kappa shape index (κ2) is 5.41. The lowest BCUT2D eigenvalue weighted by molar-refractivity contribution is -0.132. The van der Waals surface area contributed by atoms with Gasteiger partial charge in [0.15, 0.2) is 0 Å². The number of nitrogens with one attached hydrogen (secondary N) is 1. The van der Waals surface area contributed by atoms with Gasteiger partial charge in [0.2, 0.25) is 5.91 Å².